The lowest BCUT2D eigenvalue weighted by atomic mass is 9.43. The largest absolute Gasteiger partial charge is 0.208 e. The summed E-state index contributed by atoms with van der Waals surface area (Å²) in [6.45, 7) is 0. The van der Waals surface area contributed by atoms with Crippen molar-refractivity contribution in [2.45, 2.75) is 37.5 Å². The third kappa shape index (κ3) is 5.31. The Hall–Kier alpha value is -6.66. The first-order valence-corrected chi connectivity index (χ1v) is 20.7. The molecule has 4 bridgehead atoms. The van der Waals surface area contributed by atoms with Gasteiger partial charge >= 0.3 is 0 Å². The lowest BCUT2D eigenvalue weighted by Crippen LogP contribution is -2.55. The van der Waals surface area contributed by atoms with Gasteiger partial charge in [-0.2, -0.15) is 0 Å². The number of rotatable bonds is 6. The second kappa shape index (κ2) is 13.2. The van der Waals surface area contributed by atoms with Gasteiger partial charge < -0.3 is 0 Å². The van der Waals surface area contributed by atoms with Crippen molar-refractivity contribution in [1.82, 2.24) is 29.9 Å². The van der Waals surface area contributed by atoms with E-state index in [1.807, 2.05) is 72.8 Å². The molecular weight excluding hydrogens is 709 g/mol. The van der Waals surface area contributed by atoms with Gasteiger partial charge in [0.25, 0.3) is 0 Å². The lowest BCUT2D eigenvalue weighted by molar-refractivity contribution is -0.0399. The molecule has 4 saturated carbocycles. The standard InChI is InChI=1S/C52H40N6/c1-5-13-34(14-6-1)46-53-47(35-15-7-2-8-16-35)56-50(55-46)38-22-24-44-43(30-38)42-23-21-39(31-45(42)52(44)40-26-32-25-33(28-40)29-41(52)27-32)51-57-48(36-17-9-3-10-18-36)54-49(58-51)37-19-11-4-12-20-37/h1-24,30-33,40-41H,25-29H2. The predicted octanol–water partition coefficient (Wildman–Crippen LogP) is 11.8. The maximum atomic E-state index is 5.17. The number of hydrogen-bond donors (Lipinski definition) is 0. The third-order valence-corrected chi connectivity index (χ3v) is 13.6. The fraction of sp³-hybridized carbons (Fsp3) is 0.192. The first kappa shape index (κ1) is 33.5. The van der Waals surface area contributed by atoms with Crippen LogP contribution in [0.5, 0.6) is 0 Å². The van der Waals surface area contributed by atoms with E-state index in [2.05, 4.69) is 84.9 Å². The minimum Gasteiger partial charge on any atom is -0.208 e. The van der Waals surface area contributed by atoms with Crippen LogP contribution in [0.2, 0.25) is 0 Å². The molecule has 0 amide bonds. The van der Waals surface area contributed by atoms with Crippen LogP contribution in [0.4, 0.5) is 0 Å². The van der Waals surface area contributed by atoms with E-state index < -0.39 is 0 Å². The molecule has 278 valence electrons. The van der Waals surface area contributed by atoms with Gasteiger partial charge in [-0.3, -0.25) is 0 Å². The summed E-state index contributed by atoms with van der Waals surface area (Å²) >= 11 is 0. The first-order chi connectivity index (χ1) is 28.7. The van der Waals surface area contributed by atoms with Gasteiger partial charge in [0, 0.05) is 38.8 Å². The minimum absolute atomic E-state index is 0.0479. The highest BCUT2D eigenvalue weighted by Crippen LogP contribution is 2.69. The Bertz CT molecular complexity index is 2700. The monoisotopic (exact) mass is 748 g/mol. The molecule has 0 unspecified atom stereocenters. The summed E-state index contributed by atoms with van der Waals surface area (Å²) in [5.41, 5.74) is 11.4. The molecule has 2 heterocycles. The van der Waals surface area contributed by atoms with Crippen molar-refractivity contribution < 1.29 is 0 Å². The van der Waals surface area contributed by atoms with Gasteiger partial charge in [0.1, 0.15) is 0 Å². The SMILES string of the molecule is c1ccc(-c2nc(-c3ccccc3)nc(-c3ccc4c(c3)-c3ccc(-c5nc(-c6ccccc6)nc(-c6ccccc6)n5)cc3C43C4CC5CC(C4)CC3C5)n2)cc1. The Morgan fingerprint density at radius 1 is 0.310 bits per heavy atom. The maximum Gasteiger partial charge on any atom is 0.164 e. The molecule has 1 spiro atoms. The van der Waals surface area contributed by atoms with Crippen LogP contribution in [0.25, 0.3) is 79.5 Å². The molecule has 0 radical (unpaired) electrons. The topological polar surface area (TPSA) is 77.3 Å². The average Bonchev–Trinajstić information content (AvgIpc) is 3.58. The van der Waals surface area contributed by atoms with Gasteiger partial charge in [-0.1, -0.05) is 146 Å². The summed E-state index contributed by atoms with van der Waals surface area (Å²) in [5.74, 6) is 7.00. The zero-order valence-corrected chi connectivity index (χ0v) is 32.0. The van der Waals surface area contributed by atoms with E-state index in [1.165, 1.54) is 54.4 Å². The Kier molecular flexibility index (Phi) is 7.62. The zero-order valence-electron chi connectivity index (χ0n) is 32.0. The van der Waals surface area contributed by atoms with Crippen molar-refractivity contribution in [1.29, 1.82) is 0 Å². The van der Waals surface area contributed by atoms with E-state index in [9.17, 15) is 0 Å². The van der Waals surface area contributed by atoms with Crippen LogP contribution in [0.1, 0.15) is 43.2 Å². The Morgan fingerprint density at radius 2 is 0.672 bits per heavy atom. The molecule has 8 aromatic rings. The van der Waals surface area contributed by atoms with Gasteiger partial charge in [-0.15, -0.1) is 0 Å². The molecule has 2 aromatic heterocycles. The van der Waals surface area contributed by atoms with Crippen molar-refractivity contribution in [3.8, 4) is 79.5 Å². The predicted molar refractivity (Wildman–Crippen MR) is 229 cm³/mol. The highest BCUT2D eigenvalue weighted by Gasteiger charge is 2.61. The third-order valence-electron chi connectivity index (χ3n) is 13.6. The molecule has 6 aromatic carbocycles. The Labute approximate surface area is 338 Å². The smallest absolute Gasteiger partial charge is 0.164 e. The summed E-state index contributed by atoms with van der Waals surface area (Å²) in [7, 11) is 0. The molecular formula is C52H40N6. The molecule has 13 rings (SSSR count). The van der Waals surface area contributed by atoms with Crippen LogP contribution in [0.3, 0.4) is 0 Å². The van der Waals surface area contributed by atoms with Crippen molar-refractivity contribution in [3.63, 3.8) is 0 Å². The molecule has 5 aliphatic carbocycles. The van der Waals surface area contributed by atoms with Gasteiger partial charge in [-0.05, 0) is 90.2 Å². The number of hydrogen-bond acceptors (Lipinski definition) is 6. The van der Waals surface area contributed by atoms with Gasteiger partial charge in [-0.25, -0.2) is 29.9 Å². The Morgan fingerprint density at radius 3 is 1.09 bits per heavy atom. The minimum atomic E-state index is -0.0479. The molecule has 0 aliphatic heterocycles. The van der Waals surface area contributed by atoms with Crippen LogP contribution in [-0.4, -0.2) is 29.9 Å². The summed E-state index contributed by atoms with van der Waals surface area (Å²) in [6.07, 6.45) is 6.61. The van der Waals surface area contributed by atoms with E-state index in [0.29, 0.717) is 46.8 Å². The lowest BCUT2D eigenvalue weighted by Gasteiger charge is -2.61. The average molecular weight is 749 g/mol. The second-order valence-electron chi connectivity index (χ2n) is 16.8. The first-order valence-electron chi connectivity index (χ1n) is 20.7. The molecule has 0 N–H and O–H groups in total. The van der Waals surface area contributed by atoms with Gasteiger partial charge in [0.15, 0.2) is 34.9 Å². The highest BCUT2D eigenvalue weighted by atomic mass is 15.0. The van der Waals surface area contributed by atoms with Crippen molar-refractivity contribution >= 4 is 0 Å². The van der Waals surface area contributed by atoms with E-state index in [-0.39, 0.29) is 5.41 Å². The van der Waals surface area contributed by atoms with E-state index in [0.717, 1.165) is 45.2 Å². The molecule has 0 atom stereocenters. The van der Waals surface area contributed by atoms with Gasteiger partial charge in [0.2, 0.25) is 0 Å². The van der Waals surface area contributed by atoms with E-state index in [1.54, 1.807) is 0 Å². The Balaban J connectivity index is 1.04. The van der Waals surface area contributed by atoms with Crippen LogP contribution in [0.15, 0.2) is 158 Å². The number of nitrogens with zero attached hydrogens (tertiary/aromatic N) is 6. The van der Waals surface area contributed by atoms with Crippen LogP contribution in [0, 0.1) is 23.7 Å². The van der Waals surface area contributed by atoms with Crippen molar-refractivity contribution in [3.05, 3.63) is 169 Å². The van der Waals surface area contributed by atoms with Gasteiger partial charge in [0.05, 0.1) is 0 Å². The van der Waals surface area contributed by atoms with Crippen LogP contribution in [-0.2, 0) is 5.41 Å². The maximum absolute atomic E-state index is 5.17. The quantitative estimate of drug-likeness (QED) is 0.168. The normalized spacial score (nSPS) is 22.2. The summed E-state index contributed by atoms with van der Waals surface area (Å²) in [4.78, 5) is 30.6. The van der Waals surface area contributed by atoms with Crippen LogP contribution < -0.4 is 0 Å². The summed E-state index contributed by atoms with van der Waals surface area (Å²) in [6, 6.07) is 55.1. The van der Waals surface area contributed by atoms with Crippen LogP contribution >= 0.6 is 0 Å². The molecule has 5 aliphatic rings. The summed E-state index contributed by atoms with van der Waals surface area (Å²) < 4.78 is 0. The number of benzene rings is 6. The summed E-state index contributed by atoms with van der Waals surface area (Å²) in [5, 5.41) is 0. The van der Waals surface area contributed by atoms with Crippen molar-refractivity contribution in [2.24, 2.45) is 23.7 Å². The number of fused-ring (bicyclic) bond motifs is 3. The molecule has 58 heavy (non-hydrogen) atoms. The van der Waals surface area contributed by atoms with E-state index >= 15 is 0 Å². The molecule has 6 heteroatoms. The fourth-order valence-electron chi connectivity index (χ4n) is 11.4. The molecule has 4 fully saturated rings. The zero-order chi connectivity index (χ0) is 38.2. The second-order valence-corrected chi connectivity index (χ2v) is 16.8. The van der Waals surface area contributed by atoms with Crippen molar-refractivity contribution in [2.75, 3.05) is 0 Å². The number of aromatic nitrogens is 6. The fourth-order valence-corrected chi connectivity index (χ4v) is 11.4. The molecule has 0 saturated heterocycles. The molecule has 6 nitrogen and oxygen atoms in total. The highest BCUT2D eigenvalue weighted by molar-refractivity contribution is 5.87. The van der Waals surface area contributed by atoms with E-state index in [4.69, 9.17) is 29.9 Å².